The van der Waals surface area contributed by atoms with Gasteiger partial charge in [0.1, 0.15) is 11.6 Å². The summed E-state index contributed by atoms with van der Waals surface area (Å²) in [5, 5.41) is 18.3. The summed E-state index contributed by atoms with van der Waals surface area (Å²) in [7, 11) is 0. The zero-order valence-electron chi connectivity index (χ0n) is 16.3. The number of hydrogen-bond acceptors (Lipinski definition) is 6. The second-order valence-corrected chi connectivity index (χ2v) is 7.43. The van der Waals surface area contributed by atoms with Gasteiger partial charge in [-0.05, 0) is 24.4 Å². The van der Waals surface area contributed by atoms with Gasteiger partial charge in [-0.3, -0.25) is 4.68 Å². The first kappa shape index (κ1) is 18.1. The molecule has 1 aliphatic heterocycles. The van der Waals surface area contributed by atoms with Crippen molar-refractivity contribution < 1.29 is 4.39 Å². The number of aryl methyl sites for hydroxylation is 2. The van der Waals surface area contributed by atoms with Crippen molar-refractivity contribution >= 4 is 28.1 Å². The molecular weight excluding hydrogens is 383 g/mol. The number of nitrogens with two attached hydrogens (primary N) is 1. The molecule has 4 heterocycles. The number of fused-ring (bicyclic) bond motifs is 3. The van der Waals surface area contributed by atoms with E-state index >= 15 is 0 Å². The summed E-state index contributed by atoms with van der Waals surface area (Å²) in [6.07, 6.45) is 6.18. The molecule has 0 radical (unpaired) electrons. The Balaban J connectivity index is 1.47. The summed E-state index contributed by atoms with van der Waals surface area (Å²) >= 11 is 0. The Morgan fingerprint density at radius 1 is 1.27 bits per heavy atom. The van der Waals surface area contributed by atoms with Gasteiger partial charge in [0.2, 0.25) is 0 Å². The fourth-order valence-electron chi connectivity index (χ4n) is 3.82. The molecule has 8 nitrogen and oxygen atoms in total. The lowest BCUT2D eigenvalue weighted by Gasteiger charge is -2.12. The summed E-state index contributed by atoms with van der Waals surface area (Å²) in [5.74, 6) is 1.06. The number of nitrogen functional groups attached to an aromatic ring is 1. The van der Waals surface area contributed by atoms with Crippen molar-refractivity contribution in [2.24, 2.45) is 0 Å². The lowest BCUT2D eigenvalue weighted by molar-refractivity contribution is 0.613. The van der Waals surface area contributed by atoms with Crippen molar-refractivity contribution in [1.29, 1.82) is 5.26 Å². The molecule has 0 amide bonds. The molecule has 150 valence electrons. The number of nitrogens with zero attached hydrogens (tertiary/aromatic N) is 6. The number of nitriles is 1. The third-order valence-corrected chi connectivity index (χ3v) is 5.51. The second-order valence-electron chi connectivity index (χ2n) is 7.43. The highest BCUT2D eigenvalue weighted by Gasteiger charge is 2.18. The van der Waals surface area contributed by atoms with Crippen LogP contribution in [-0.2, 0) is 19.5 Å². The third kappa shape index (κ3) is 2.93. The van der Waals surface area contributed by atoms with E-state index in [1.54, 1.807) is 25.3 Å². The zero-order valence-corrected chi connectivity index (χ0v) is 16.3. The summed E-state index contributed by atoms with van der Waals surface area (Å²) in [6.45, 7) is 3.12. The SMILES string of the molecule is CC(C#N)c1cc2cc(Nc3cc4n(n3)Cc3nccn3CC4)ncc2c(N)c1F. The van der Waals surface area contributed by atoms with Crippen LogP contribution in [0.15, 0.2) is 36.8 Å². The monoisotopic (exact) mass is 402 g/mol. The van der Waals surface area contributed by atoms with Crippen molar-refractivity contribution in [3.05, 3.63) is 59.7 Å². The van der Waals surface area contributed by atoms with Crippen LogP contribution in [0.1, 0.15) is 29.9 Å². The van der Waals surface area contributed by atoms with Crippen LogP contribution < -0.4 is 11.1 Å². The van der Waals surface area contributed by atoms with Crippen molar-refractivity contribution in [2.45, 2.75) is 32.4 Å². The van der Waals surface area contributed by atoms with Crippen LogP contribution in [0.4, 0.5) is 21.7 Å². The maximum atomic E-state index is 14.5. The minimum atomic E-state index is -0.599. The summed E-state index contributed by atoms with van der Waals surface area (Å²) in [5.41, 5.74) is 7.36. The first-order valence-electron chi connectivity index (χ1n) is 9.64. The average molecular weight is 402 g/mol. The quantitative estimate of drug-likeness (QED) is 0.509. The molecule has 30 heavy (non-hydrogen) atoms. The topological polar surface area (TPSA) is 110 Å². The maximum Gasteiger partial charge on any atom is 0.153 e. The fraction of sp³-hybridized carbons (Fsp3) is 0.238. The third-order valence-electron chi connectivity index (χ3n) is 5.51. The van der Waals surface area contributed by atoms with Crippen LogP contribution in [0.3, 0.4) is 0 Å². The molecule has 1 unspecified atom stereocenters. The number of rotatable bonds is 3. The minimum Gasteiger partial charge on any atom is -0.396 e. The Morgan fingerprint density at radius 3 is 2.97 bits per heavy atom. The zero-order chi connectivity index (χ0) is 20.8. The highest BCUT2D eigenvalue weighted by molar-refractivity contribution is 5.95. The fourth-order valence-corrected chi connectivity index (χ4v) is 3.82. The molecule has 0 aliphatic carbocycles. The highest BCUT2D eigenvalue weighted by atomic mass is 19.1. The van der Waals surface area contributed by atoms with E-state index in [-0.39, 0.29) is 11.3 Å². The number of hydrogen-bond donors (Lipinski definition) is 2. The van der Waals surface area contributed by atoms with Crippen LogP contribution in [0.5, 0.6) is 0 Å². The Bertz CT molecular complexity index is 1310. The van der Waals surface area contributed by atoms with Gasteiger partial charge >= 0.3 is 0 Å². The molecule has 0 fully saturated rings. The van der Waals surface area contributed by atoms with E-state index in [1.807, 2.05) is 16.9 Å². The van der Waals surface area contributed by atoms with Crippen molar-refractivity contribution in [3.63, 3.8) is 0 Å². The lowest BCUT2D eigenvalue weighted by atomic mass is 9.97. The van der Waals surface area contributed by atoms with E-state index in [4.69, 9.17) is 5.73 Å². The van der Waals surface area contributed by atoms with Gasteiger partial charge in [-0.25, -0.2) is 14.4 Å². The minimum absolute atomic E-state index is 0.00728. The predicted molar refractivity (Wildman–Crippen MR) is 111 cm³/mol. The van der Waals surface area contributed by atoms with Gasteiger partial charge in [0.25, 0.3) is 0 Å². The van der Waals surface area contributed by atoms with Crippen LogP contribution in [-0.4, -0.2) is 24.3 Å². The van der Waals surface area contributed by atoms with Crippen molar-refractivity contribution in [1.82, 2.24) is 24.3 Å². The number of benzene rings is 1. The van der Waals surface area contributed by atoms with Gasteiger partial charge < -0.3 is 15.6 Å². The molecular formula is C21H19FN8. The van der Waals surface area contributed by atoms with E-state index in [9.17, 15) is 9.65 Å². The Morgan fingerprint density at radius 2 is 2.13 bits per heavy atom. The van der Waals surface area contributed by atoms with E-state index in [0.717, 1.165) is 24.5 Å². The molecule has 3 N–H and O–H groups in total. The van der Waals surface area contributed by atoms with E-state index < -0.39 is 11.7 Å². The number of anilines is 3. The van der Waals surface area contributed by atoms with Crippen LogP contribution in [0, 0.1) is 17.1 Å². The van der Waals surface area contributed by atoms with E-state index in [0.29, 0.717) is 29.0 Å². The number of pyridine rings is 1. The molecule has 1 atom stereocenters. The molecule has 0 saturated heterocycles. The molecule has 0 spiro atoms. The van der Waals surface area contributed by atoms with Gasteiger partial charge in [0.15, 0.2) is 11.6 Å². The van der Waals surface area contributed by atoms with Gasteiger partial charge in [0.05, 0.1) is 24.2 Å². The summed E-state index contributed by atoms with van der Waals surface area (Å²) < 4.78 is 18.6. The van der Waals surface area contributed by atoms with Crippen molar-refractivity contribution in [3.8, 4) is 6.07 Å². The molecule has 9 heteroatoms. The number of nitrogens with one attached hydrogen (secondary N) is 1. The van der Waals surface area contributed by atoms with Gasteiger partial charge in [-0.1, -0.05) is 0 Å². The molecule has 1 aromatic carbocycles. The van der Waals surface area contributed by atoms with E-state index in [1.165, 1.54) is 6.20 Å². The summed E-state index contributed by atoms with van der Waals surface area (Å²) in [4.78, 5) is 8.75. The molecule has 3 aromatic heterocycles. The normalized spacial score (nSPS) is 13.9. The van der Waals surface area contributed by atoms with Crippen LogP contribution in [0.25, 0.3) is 10.8 Å². The average Bonchev–Trinajstić information content (AvgIpc) is 3.31. The van der Waals surface area contributed by atoms with Crippen LogP contribution in [0.2, 0.25) is 0 Å². The molecule has 5 rings (SSSR count). The van der Waals surface area contributed by atoms with Crippen molar-refractivity contribution in [2.75, 3.05) is 11.1 Å². The first-order chi connectivity index (χ1) is 14.5. The van der Waals surface area contributed by atoms with Gasteiger partial charge in [-0.15, -0.1) is 0 Å². The van der Waals surface area contributed by atoms with Gasteiger partial charge in [-0.2, -0.15) is 10.4 Å². The maximum absolute atomic E-state index is 14.5. The highest BCUT2D eigenvalue weighted by Crippen LogP contribution is 2.32. The van der Waals surface area contributed by atoms with E-state index in [2.05, 4.69) is 31.0 Å². The standard InChI is InChI=1S/C21H19FN8/c1-12(9-23)15-6-13-7-17(26-10-16(13)21(24)20(15)22)27-18-8-14-2-4-29-5-3-25-19(29)11-30(14)28-18/h3,5-8,10,12H,2,4,11,24H2,1H3,(H,26,27,28). The predicted octanol–water partition coefficient (Wildman–Crippen LogP) is 3.32. The lowest BCUT2D eigenvalue weighted by Crippen LogP contribution is -2.06. The molecule has 4 aromatic rings. The number of halogens is 1. The Hall–Kier alpha value is -3.93. The molecule has 0 saturated carbocycles. The van der Waals surface area contributed by atoms with Gasteiger partial charge in [0, 0.05) is 54.3 Å². The Labute approximate surface area is 171 Å². The number of imidazole rings is 1. The Kier molecular flexibility index (Phi) is 4.13. The second kappa shape index (κ2) is 6.84. The smallest absolute Gasteiger partial charge is 0.153 e. The molecule has 1 aliphatic rings. The molecule has 0 bridgehead atoms. The number of aromatic nitrogens is 5. The first-order valence-corrected chi connectivity index (χ1v) is 9.64. The largest absolute Gasteiger partial charge is 0.396 e. The van der Waals surface area contributed by atoms with Crippen LogP contribution >= 0.6 is 0 Å². The summed E-state index contributed by atoms with van der Waals surface area (Å²) in [6, 6.07) is 7.50.